The minimum absolute atomic E-state index is 0.118. The van der Waals surface area contributed by atoms with E-state index in [1.54, 1.807) is 37.3 Å². The van der Waals surface area contributed by atoms with E-state index >= 15 is 0 Å². The van der Waals surface area contributed by atoms with Crippen LogP contribution in [0, 0.1) is 13.8 Å². The Morgan fingerprint density at radius 2 is 1.83 bits per heavy atom. The summed E-state index contributed by atoms with van der Waals surface area (Å²) in [5.41, 5.74) is 2.42. The summed E-state index contributed by atoms with van der Waals surface area (Å²) in [7, 11) is -3.76. The molecule has 0 heterocycles. The number of hydrogen-bond acceptors (Lipinski definition) is 3. The van der Waals surface area contributed by atoms with Crippen LogP contribution in [-0.2, 0) is 10.0 Å². The van der Waals surface area contributed by atoms with Crippen molar-refractivity contribution in [3.05, 3.63) is 59.2 Å². The van der Waals surface area contributed by atoms with Gasteiger partial charge in [-0.25, -0.2) is 8.42 Å². The van der Waals surface area contributed by atoms with Gasteiger partial charge in [0.2, 0.25) is 0 Å². The zero-order valence-corrected chi connectivity index (χ0v) is 14.5. The standard InChI is InChI=1S/C18H20N2O3S/c1-12-4-3-5-16(10-12)20-24(22,23)17-11-14(7-6-13(17)2)18(21)19-15-8-9-15/h3-7,10-11,15,20H,8-9H2,1-2H3,(H,19,21). The van der Waals surface area contributed by atoms with Crippen molar-refractivity contribution < 1.29 is 13.2 Å². The highest BCUT2D eigenvalue weighted by Crippen LogP contribution is 2.23. The lowest BCUT2D eigenvalue weighted by molar-refractivity contribution is 0.0951. The van der Waals surface area contributed by atoms with Gasteiger partial charge in [0.05, 0.1) is 4.90 Å². The van der Waals surface area contributed by atoms with Crippen molar-refractivity contribution in [3.8, 4) is 0 Å². The van der Waals surface area contributed by atoms with Crippen LogP contribution in [0.2, 0.25) is 0 Å². The quantitative estimate of drug-likeness (QED) is 0.875. The Labute approximate surface area is 142 Å². The normalized spacial score (nSPS) is 14.2. The molecule has 2 aromatic rings. The average molecular weight is 344 g/mol. The van der Waals surface area contributed by atoms with Gasteiger partial charge in [-0.2, -0.15) is 0 Å². The summed E-state index contributed by atoms with van der Waals surface area (Å²) in [4.78, 5) is 12.3. The summed E-state index contributed by atoms with van der Waals surface area (Å²) in [6.45, 7) is 3.61. The number of hydrogen-bond donors (Lipinski definition) is 2. The molecule has 2 aromatic carbocycles. The molecular weight excluding hydrogens is 324 g/mol. The maximum atomic E-state index is 12.7. The lowest BCUT2D eigenvalue weighted by Crippen LogP contribution is -2.26. The number of sulfonamides is 1. The van der Waals surface area contributed by atoms with Crippen molar-refractivity contribution in [1.29, 1.82) is 0 Å². The minimum atomic E-state index is -3.76. The smallest absolute Gasteiger partial charge is 0.262 e. The molecule has 126 valence electrons. The predicted molar refractivity (Wildman–Crippen MR) is 93.7 cm³/mol. The fourth-order valence-corrected chi connectivity index (χ4v) is 3.77. The first-order chi connectivity index (χ1) is 11.3. The zero-order chi connectivity index (χ0) is 17.3. The molecule has 0 spiro atoms. The Morgan fingerprint density at radius 3 is 2.50 bits per heavy atom. The second-order valence-corrected chi connectivity index (χ2v) is 7.85. The first-order valence-electron chi connectivity index (χ1n) is 7.86. The minimum Gasteiger partial charge on any atom is -0.349 e. The predicted octanol–water partition coefficient (Wildman–Crippen LogP) is 3.00. The fraction of sp³-hybridized carbons (Fsp3) is 0.278. The van der Waals surface area contributed by atoms with Crippen LogP contribution in [0.5, 0.6) is 0 Å². The maximum absolute atomic E-state index is 12.7. The molecule has 1 aliphatic rings. The van der Waals surface area contributed by atoms with Gasteiger partial charge in [-0.15, -0.1) is 0 Å². The molecular formula is C18H20N2O3S. The number of benzene rings is 2. The van der Waals surface area contributed by atoms with Crippen LogP contribution in [0.4, 0.5) is 5.69 Å². The molecule has 0 aliphatic heterocycles. The molecule has 0 bridgehead atoms. The van der Waals surface area contributed by atoms with E-state index in [0.717, 1.165) is 18.4 Å². The van der Waals surface area contributed by atoms with E-state index in [4.69, 9.17) is 0 Å². The highest BCUT2D eigenvalue weighted by Gasteiger charge is 2.25. The van der Waals surface area contributed by atoms with E-state index in [2.05, 4.69) is 10.0 Å². The molecule has 0 radical (unpaired) electrons. The number of aryl methyl sites for hydroxylation is 2. The van der Waals surface area contributed by atoms with Crippen LogP contribution in [0.25, 0.3) is 0 Å². The number of nitrogens with one attached hydrogen (secondary N) is 2. The van der Waals surface area contributed by atoms with Crippen LogP contribution in [-0.4, -0.2) is 20.4 Å². The van der Waals surface area contributed by atoms with Gasteiger partial charge in [-0.3, -0.25) is 9.52 Å². The first-order valence-corrected chi connectivity index (χ1v) is 9.34. The molecule has 24 heavy (non-hydrogen) atoms. The van der Waals surface area contributed by atoms with Gasteiger partial charge < -0.3 is 5.32 Å². The summed E-state index contributed by atoms with van der Waals surface area (Å²) >= 11 is 0. The van der Waals surface area contributed by atoms with Gasteiger partial charge in [0.25, 0.3) is 15.9 Å². The number of amides is 1. The van der Waals surface area contributed by atoms with E-state index in [9.17, 15) is 13.2 Å². The van der Waals surface area contributed by atoms with Crippen molar-refractivity contribution in [2.75, 3.05) is 4.72 Å². The molecule has 0 atom stereocenters. The van der Waals surface area contributed by atoms with Gasteiger partial charge in [-0.05, 0) is 62.1 Å². The van der Waals surface area contributed by atoms with Gasteiger partial charge in [0.1, 0.15) is 0 Å². The van der Waals surface area contributed by atoms with E-state index in [1.807, 2.05) is 13.0 Å². The third kappa shape index (κ3) is 3.76. The SMILES string of the molecule is Cc1cccc(NS(=O)(=O)c2cc(C(=O)NC3CC3)ccc2C)c1. The second-order valence-electron chi connectivity index (χ2n) is 6.20. The van der Waals surface area contributed by atoms with E-state index in [1.165, 1.54) is 6.07 Å². The van der Waals surface area contributed by atoms with Crippen molar-refractivity contribution >= 4 is 21.6 Å². The number of rotatable bonds is 5. The fourth-order valence-electron chi connectivity index (χ4n) is 2.45. The molecule has 1 fully saturated rings. The molecule has 0 aromatic heterocycles. The van der Waals surface area contributed by atoms with Crippen molar-refractivity contribution in [1.82, 2.24) is 5.32 Å². The van der Waals surface area contributed by atoms with Crippen LogP contribution in [0.1, 0.15) is 34.3 Å². The number of carbonyl (C=O) groups is 1. The Kier molecular flexibility index (Phi) is 4.32. The number of carbonyl (C=O) groups excluding carboxylic acids is 1. The third-order valence-electron chi connectivity index (χ3n) is 3.92. The molecule has 1 amide bonds. The maximum Gasteiger partial charge on any atom is 0.262 e. The summed E-state index contributed by atoms with van der Waals surface area (Å²) in [6.07, 6.45) is 1.97. The van der Waals surface area contributed by atoms with E-state index < -0.39 is 10.0 Å². The van der Waals surface area contributed by atoms with Crippen LogP contribution in [0.15, 0.2) is 47.4 Å². The van der Waals surface area contributed by atoms with Gasteiger partial charge >= 0.3 is 0 Å². The average Bonchev–Trinajstić information content (AvgIpc) is 3.31. The summed E-state index contributed by atoms with van der Waals surface area (Å²) in [5.74, 6) is -0.232. The molecule has 0 unspecified atom stereocenters. The Bertz CT molecular complexity index is 887. The Morgan fingerprint density at radius 1 is 1.08 bits per heavy atom. The second kappa shape index (κ2) is 6.28. The summed E-state index contributed by atoms with van der Waals surface area (Å²) in [5, 5.41) is 2.87. The van der Waals surface area contributed by atoms with Crippen molar-refractivity contribution in [2.45, 2.75) is 37.6 Å². The molecule has 5 nitrogen and oxygen atoms in total. The topological polar surface area (TPSA) is 75.3 Å². The third-order valence-corrected chi connectivity index (χ3v) is 5.45. The largest absolute Gasteiger partial charge is 0.349 e. The number of anilines is 1. The summed E-state index contributed by atoms with van der Waals surface area (Å²) < 4.78 is 28.0. The first kappa shape index (κ1) is 16.5. The van der Waals surface area contributed by atoms with Gasteiger partial charge in [-0.1, -0.05) is 18.2 Å². The monoisotopic (exact) mass is 344 g/mol. The van der Waals surface area contributed by atoms with E-state index in [-0.39, 0.29) is 16.8 Å². The molecule has 6 heteroatoms. The molecule has 3 rings (SSSR count). The van der Waals surface area contributed by atoms with Crippen molar-refractivity contribution in [3.63, 3.8) is 0 Å². The Hall–Kier alpha value is -2.34. The zero-order valence-electron chi connectivity index (χ0n) is 13.7. The Balaban J connectivity index is 1.89. The van der Waals surface area contributed by atoms with Crippen LogP contribution >= 0.6 is 0 Å². The highest BCUT2D eigenvalue weighted by atomic mass is 32.2. The lowest BCUT2D eigenvalue weighted by Gasteiger charge is -2.12. The van der Waals surface area contributed by atoms with E-state index in [0.29, 0.717) is 16.8 Å². The highest BCUT2D eigenvalue weighted by molar-refractivity contribution is 7.92. The van der Waals surface area contributed by atoms with Gasteiger partial charge in [0, 0.05) is 17.3 Å². The van der Waals surface area contributed by atoms with Crippen LogP contribution in [0.3, 0.4) is 0 Å². The summed E-state index contributed by atoms with van der Waals surface area (Å²) in [6, 6.07) is 12.1. The van der Waals surface area contributed by atoms with Crippen molar-refractivity contribution in [2.24, 2.45) is 0 Å². The molecule has 1 saturated carbocycles. The lowest BCUT2D eigenvalue weighted by atomic mass is 10.1. The molecule has 2 N–H and O–H groups in total. The molecule has 0 saturated heterocycles. The molecule has 1 aliphatic carbocycles. The van der Waals surface area contributed by atoms with Gasteiger partial charge in [0.15, 0.2) is 0 Å². The van der Waals surface area contributed by atoms with Crippen LogP contribution < -0.4 is 10.0 Å².